The monoisotopic (exact) mass is 360 g/mol. The van der Waals surface area contributed by atoms with Crippen LogP contribution in [0.1, 0.15) is 44.0 Å². The fourth-order valence-corrected chi connectivity index (χ4v) is 3.68. The summed E-state index contributed by atoms with van der Waals surface area (Å²) >= 11 is 0. The molecule has 0 saturated carbocycles. The summed E-state index contributed by atoms with van der Waals surface area (Å²) < 4.78 is 10.2. The molecule has 3 rings (SSSR count). The number of amides is 1. The standard InChI is InChI=1S/C20H28N2O4/c1-19(2,3)26-18(24)21-11-9-20(10-12-21)13-22(14-20)16-7-5-15(6-8-16)17(23)25-4/h5-8H,9-14H2,1-4H3. The Morgan fingerprint density at radius 2 is 1.62 bits per heavy atom. The maximum Gasteiger partial charge on any atom is 0.410 e. The summed E-state index contributed by atoms with van der Waals surface area (Å²) in [4.78, 5) is 27.8. The van der Waals surface area contributed by atoms with Crippen molar-refractivity contribution in [3.05, 3.63) is 29.8 Å². The molecule has 2 aliphatic rings. The van der Waals surface area contributed by atoms with Gasteiger partial charge < -0.3 is 19.3 Å². The number of hydrogen-bond donors (Lipinski definition) is 0. The maximum atomic E-state index is 12.2. The number of piperidine rings is 1. The second kappa shape index (κ2) is 6.82. The van der Waals surface area contributed by atoms with E-state index >= 15 is 0 Å². The first-order valence-corrected chi connectivity index (χ1v) is 9.13. The molecule has 26 heavy (non-hydrogen) atoms. The van der Waals surface area contributed by atoms with E-state index in [1.165, 1.54) is 7.11 Å². The molecule has 1 amide bonds. The van der Waals surface area contributed by atoms with Gasteiger partial charge in [-0.1, -0.05) is 0 Å². The number of carbonyl (C=O) groups excluding carboxylic acids is 2. The van der Waals surface area contributed by atoms with Crippen molar-refractivity contribution in [1.29, 1.82) is 0 Å². The van der Waals surface area contributed by atoms with Gasteiger partial charge in [0.25, 0.3) is 0 Å². The highest BCUT2D eigenvalue weighted by atomic mass is 16.6. The van der Waals surface area contributed by atoms with Crippen molar-refractivity contribution in [3.8, 4) is 0 Å². The highest BCUT2D eigenvalue weighted by Crippen LogP contribution is 2.42. The molecular weight excluding hydrogens is 332 g/mol. The van der Waals surface area contributed by atoms with Crippen LogP contribution in [0.2, 0.25) is 0 Å². The Morgan fingerprint density at radius 3 is 2.12 bits per heavy atom. The number of likely N-dealkylation sites (tertiary alicyclic amines) is 1. The average Bonchev–Trinajstić information content (AvgIpc) is 2.58. The highest BCUT2D eigenvalue weighted by molar-refractivity contribution is 5.89. The van der Waals surface area contributed by atoms with E-state index in [1.54, 1.807) is 12.1 Å². The molecule has 2 fully saturated rings. The summed E-state index contributed by atoms with van der Waals surface area (Å²) in [6.45, 7) is 9.18. The average molecular weight is 360 g/mol. The van der Waals surface area contributed by atoms with Crippen molar-refractivity contribution in [2.24, 2.45) is 5.41 Å². The van der Waals surface area contributed by atoms with Gasteiger partial charge in [-0.3, -0.25) is 0 Å². The molecule has 2 heterocycles. The molecule has 1 spiro atoms. The van der Waals surface area contributed by atoms with Crippen molar-refractivity contribution in [2.75, 3.05) is 38.2 Å². The molecular formula is C20H28N2O4. The van der Waals surface area contributed by atoms with Crippen LogP contribution in [0.25, 0.3) is 0 Å². The number of anilines is 1. The van der Waals surface area contributed by atoms with Crippen LogP contribution in [0.15, 0.2) is 24.3 Å². The minimum absolute atomic E-state index is 0.207. The first-order chi connectivity index (χ1) is 12.2. The Morgan fingerprint density at radius 1 is 1.04 bits per heavy atom. The van der Waals surface area contributed by atoms with Gasteiger partial charge in [0.1, 0.15) is 5.60 Å². The normalized spacial score (nSPS) is 19.1. The summed E-state index contributed by atoms with van der Waals surface area (Å²) in [6.07, 6.45) is 1.80. The molecule has 0 N–H and O–H groups in total. The molecule has 6 heteroatoms. The summed E-state index contributed by atoms with van der Waals surface area (Å²) in [5.41, 5.74) is 1.53. The van der Waals surface area contributed by atoms with Crippen molar-refractivity contribution in [3.63, 3.8) is 0 Å². The smallest absolute Gasteiger partial charge is 0.410 e. The second-order valence-corrected chi connectivity index (χ2v) is 8.36. The van der Waals surface area contributed by atoms with E-state index in [0.717, 1.165) is 44.7 Å². The lowest BCUT2D eigenvalue weighted by Crippen LogP contribution is -2.61. The van der Waals surface area contributed by atoms with Crippen LogP contribution in [-0.2, 0) is 9.47 Å². The van der Waals surface area contributed by atoms with E-state index in [0.29, 0.717) is 11.0 Å². The van der Waals surface area contributed by atoms with E-state index in [9.17, 15) is 9.59 Å². The number of ether oxygens (including phenoxy) is 2. The van der Waals surface area contributed by atoms with Gasteiger partial charge in [-0.2, -0.15) is 0 Å². The molecule has 1 aromatic carbocycles. The zero-order valence-electron chi connectivity index (χ0n) is 16.1. The summed E-state index contributed by atoms with van der Waals surface area (Å²) in [7, 11) is 1.39. The molecule has 0 radical (unpaired) electrons. The largest absolute Gasteiger partial charge is 0.465 e. The Bertz CT molecular complexity index is 662. The van der Waals surface area contributed by atoms with Crippen molar-refractivity contribution < 1.29 is 19.1 Å². The second-order valence-electron chi connectivity index (χ2n) is 8.36. The van der Waals surface area contributed by atoms with Crippen LogP contribution >= 0.6 is 0 Å². The van der Waals surface area contributed by atoms with Crippen LogP contribution in [0.5, 0.6) is 0 Å². The molecule has 1 aromatic rings. The van der Waals surface area contributed by atoms with Crippen molar-refractivity contribution >= 4 is 17.7 Å². The fraction of sp³-hybridized carbons (Fsp3) is 0.600. The molecule has 0 aliphatic carbocycles. The van der Waals surface area contributed by atoms with Crippen LogP contribution in [0.3, 0.4) is 0 Å². The van der Waals surface area contributed by atoms with Crippen LogP contribution in [0.4, 0.5) is 10.5 Å². The van der Waals surface area contributed by atoms with Gasteiger partial charge in [0, 0.05) is 37.3 Å². The summed E-state index contributed by atoms with van der Waals surface area (Å²) in [5, 5.41) is 0. The Kier molecular flexibility index (Phi) is 4.86. The zero-order chi connectivity index (χ0) is 18.9. The lowest BCUT2D eigenvalue weighted by molar-refractivity contribution is 0.00596. The first kappa shape index (κ1) is 18.5. The van der Waals surface area contributed by atoms with E-state index in [1.807, 2.05) is 37.8 Å². The predicted octanol–water partition coefficient (Wildman–Crippen LogP) is 3.31. The number of hydrogen-bond acceptors (Lipinski definition) is 5. The van der Waals surface area contributed by atoms with Gasteiger partial charge in [-0.15, -0.1) is 0 Å². The van der Waals surface area contributed by atoms with Crippen molar-refractivity contribution in [2.45, 2.75) is 39.2 Å². The summed E-state index contributed by atoms with van der Waals surface area (Å²) in [6, 6.07) is 7.54. The third kappa shape index (κ3) is 3.94. The lowest BCUT2D eigenvalue weighted by Gasteiger charge is -2.55. The van der Waals surface area contributed by atoms with Crippen LogP contribution < -0.4 is 4.90 Å². The molecule has 2 aliphatic heterocycles. The lowest BCUT2D eigenvalue weighted by atomic mass is 9.72. The minimum atomic E-state index is -0.449. The van der Waals surface area contributed by atoms with E-state index in [4.69, 9.17) is 9.47 Å². The van der Waals surface area contributed by atoms with Crippen molar-refractivity contribution in [1.82, 2.24) is 4.90 Å². The quantitative estimate of drug-likeness (QED) is 0.757. The van der Waals surface area contributed by atoms with Gasteiger partial charge in [0.05, 0.1) is 12.7 Å². The molecule has 0 atom stereocenters. The number of nitrogens with zero attached hydrogens (tertiary/aromatic N) is 2. The fourth-order valence-electron chi connectivity index (χ4n) is 3.68. The van der Waals surface area contributed by atoms with Crippen LogP contribution in [-0.4, -0.2) is 55.9 Å². The zero-order valence-corrected chi connectivity index (χ0v) is 16.1. The predicted molar refractivity (Wildman–Crippen MR) is 99.5 cm³/mol. The Hall–Kier alpha value is -2.24. The van der Waals surface area contributed by atoms with Gasteiger partial charge in [0.2, 0.25) is 0 Å². The third-order valence-electron chi connectivity index (χ3n) is 5.18. The first-order valence-electron chi connectivity index (χ1n) is 9.13. The van der Waals surface area contributed by atoms with Crippen LogP contribution in [0, 0.1) is 5.41 Å². The number of methoxy groups -OCH3 is 1. The van der Waals surface area contributed by atoms with E-state index in [2.05, 4.69) is 4.90 Å². The van der Waals surface area contributed by atoms with Gasteiger partial charge in [-0.25, -0.2) is 9.59 Å². The SMILES string of the molecule is COC(=O)c1ccc(N2CC3(CCN(C(=O)OC(C)(C)C)CC3)C2)cc1. The maximum absolute atomic E-state index is 12.2. The molecule has 0 bridgehead atoms. The topological polar surface area (TPSA) is 59.1 Å². The van der Waals surface area contributed by atoms with Gasteiger partial charge >= 0.3 is 12.1 Å². The number of rotatable bonds is 2. The minimum Gasteiger partial charge on any atom is -0.465 e. The molecule has 142 valence electrons. The third-order valence-corrected chi connectivity index (χ3v) is 5.18. The molecule has 0 unspecified atom stereocenters. The summed E-state index contributed by atoms with van der Waals surface area (Å²) in [5.74, 6) is -0.314. The number of benzene rings is 1. The molecule has 0 aromatic heterocycles. The number of carbonyl (C=O) groups is 2. The van der Waals surface area contributed by atoms with Gasteiger partial charge in [0.15, 0.2) is 0 Å². The van der Waals surface area contributed by atoms with E-state index in [-0.39, 0.29) is 12.1 Å². The molecule has 6 nitrogen and oxygen atoms in total. The number of esters is 1. The Labute approximate surface area is 155 Å². The highest BCUT2D eigenvalue weighted by Gasteiger charge is 2.45. The Balaban J connectivity index is 1.51. The van der Waals surface area contributed by atoms with Gasteiger partial charge in [-0.05, 0) is 57.9 Å². The van der Waals surface area contributed by atoms with E-state index < -0.39 is 5.60 Å². The molecule has 2 saturated heterocycles.